The number of nitrogens with one attached hydrogen (secondary N) is 1. The molecule has 5 nitrogen and oxygen atoms in total. The Labute approximate surface area is 153 Å². The van der Waals surface area contributed by atoms with Crippen molar-refractivity contribution in [2.75, 3.05) is 19.6 Å². The number of hydrogen-bond acceptors (Lipinski definition) is 3. The molecule has 0 unspecified atom stereocenters. The van der Waals surface area contributed by atoms with Gasteiger partial charge in [0.05, 0.1) is 6.26 Å². The zero-order chi connectivity index (χ0) is 18.0. The van der Waals surface area contributed by atoms with Gasteiger partial charge < -0.3 is 14.6 Å². The number of amides is 2. The summed E-state index contributed by atoms with van der Waals surface area (Å²) in [5, 5.41) is 3.16. The van der Waals surface area contributed by atoms with E-state index >= 15 is 0 Å². The van der Waals surface area contributed by atoms with E-state index in [4.69, 9.17) is 4.42 Å². The van der Waals surface area contributed by atoms with E-state index in [1.165, 1.54) is 11.8 Å². The Balaban J connectivity index is 1.27. The van der Waals surface area contributed by atoms with Gasteiger partial charge in [0, 0.05) is 31.0 Å². The molecule has 1 aromatic heterocycles. The second-order valence-corrected chi connectivity index (χ2v) is 7.41. The average molecular weight is 352 g/mol. The highest BCUT2D eigenvalue weighted by molar-refractivity contribution is 5.91. The summed E-state index contributed by atoms with van der Waals surface area (Å²) in [6.45, 7) is 1.91. The second-order valence-electron chi connectivity index (χ2n) is 7.41. The first-order valence-electron chi connectivity index (χ1n) is 9.34. The molecule has 1 aliphatic carbocycles. The van der Waals surface area contributed by atoms with Crippen molar-refractivity contribution in [2.45, 2.75) is 31.1 Å². The third-order valence-electron chi connectivity index (χ3n) is 5.73. The van der Waals surface area contributed by atoms with E-state index in [2.05, 4.69) is 29.6 Å². The molecule has 2 aliphatic rings. The van der Waals surface area contributed by atoms with Crippen LogP contribution in [0.1, 0.15) is 41.8 Å². The van der Waals surface area contributed by atoms with Crippen LogP contribution in [0, 0.1) is 5.92 Å². The molecule has 2 amide bonds. The van der Waals surface area contributed by atoms with Crippen LogP contribution in [-0.4, -0.2) is 36.3 Å². The SMILES string of the molecule is O=C(NCC1(c2ccccc2)CC1)C1CCN(C(=O)c2ccco2)CC1. The van der Waals surface area contributed by atoms with Crippen molar-refractivity contribution < 1.29 is 14.0 Å². The van der Waals surface area contributed by atoms with E-state index in [1.807, 2.05) is 6.07 Å². The molecular weight excluding hydrogens is 328 g/mol. The van der Waals surface area contributed by atoms with Crippen molar-refractivity contribution in [1.29, 1.82) is 0 Å². The van der Waals surface area contributed by atoms with Gasteiger partial charge in [-0.2, -0.15) is 0 Å². The van der Waals surface area contributed by atoms with Crippen molar-refractivity contribution in [2.24, 2.45) is 5.92 Å². The monoisotopic (exact) mass is 352 g/mol. The van der Waals surface area contributed by atoms with Gasteiger partial charge in [-0.15, -0.1) is 0 Å². The first-order chi connectivity index (χ1) is 12.7. The normalized spacial score (nSPS) is 19.2. The van der Waals surface area contributed by atoms with Crippen LogP contribution in [0.2, 0.25) is 0 Å². The van der Waals surface area contributed by atoms with Crippen LogP contribution in [-0.2, 0) is 10.2 Å². The number of rotatable bonds is 5. The maximum absolute atomic E-state index is 12.6. The number of hydrogen-bond donors (Lipinski definition) is 1. The van der Waals surface area contributed by atoms with Crippen LogP contribution in [0.25, 0.3) is 0 Å². The Bertz CT molecular complexity index is 758. The lowest BCUT2D eigenvalue weighted by Gasteiger charge is -2.31. The van der Waals surface area contributed by atoms with Crippen molar-refractivity contribution in [3.63, 3.8) is 0 Å². The Morgan fingerprint density at radius 2 is 1.81 bits per heavy atom. The van der Waals surface area contributed by atoms with Gasteiger partial charge >= 0.3 is 0 Å². The fourth-order valence-corrected chi connectivity index (χ4v) is 3.81. The molecule has 5 heteroatoms. The van der Waals surface area contributed by atoms with E-state index in [0.717, 1.165) is 12.8 Å². The van der Waals surface area contributed by atoms with E-state index in [0.29, 0.717) is 38.2 Å². The van der Waals surface area contributed by atoms with Crippen LogP contribution >= 0.6 is 0 Å². The molecule has 0 atom stereocenters. The summed E-state index contributed by atoms with van der Waals surface area (Å²) >= 11 is 0. The third kappa shape index (κ3) is 3.39. The maximum Gasteiger partial charge on any atom is 0.289 e. The maximum atomic E-state index is 12.6. The summed E-state index contributed by atoms with van der Waals surface area (Å²) in [4.78, 5) is 26.6. The molecule has 1 aromatic carbocycles. The Hall–Kier alpha value is -2.56. The first kappa shape index (κ1) is 16.9. The number of carbonyl (C=O) groups excluding carboxylic acids is 2. The molecular formula is C21H24N2O3. The molecule has 26 heavy (non-hydrogen) atoms. The standard InChI is InChI=1S/C21H24N2O3/c24-19(22-15-21(10-11-21)17-5-2-1-3-6-17)16-8-12-23(13-9-16)20(25)18-7-4-14-26-18/h1-7,14,16H,8-13,15H2,(H,22,24). The van der Waals surface area contributed by atoms with Gasteiger partial charge in [-0.05, 0) is 43.4 Å². The minimum absolute atomic E-state index is 0.0118. The van der Waals surface area contributed by atoms with Gasteiger partial charge in [0.25, 0.3) is 5.91 Å². The molecule has 1 saturated heterocycles. The van der Waals surface area contributed by atoms with Gasteiger partial charge in [0.1, 0.15) is 0 Å². The largest absolute Gasteiger partial charge is 0.459 e. The smallest absolute Gasteiger partial charge is 0.289 e. The zero-order valence-corrected chi connectivity index (χ0v) is 14.8. The number of nitrogens with zero attached hydrogens (tertiary/aromatic N) is 1. The number of furan rings is 1. The van der Waals surface area contributed by atoms with Gasteiger partial charge in [-0.1, -0.05) is 30.3 Å². The molecule has 4 rings (SSSR count). The van der Waals surface area contributed by atoms with Crippen molar-refractivity contribution in [3.8, 4) is 0 Å². The van der Waals surface area contributed by atoms with Crippen molar-refractivity contribution in [3.05, 3.63) is 60.1 Å². The third-order valence-corrected chi connectivity index (χ3v) is 5.73. The fraction of sp³-hybridized carbons (Fsp3) is 0.429. The van der Waals surface area contributed by atoms with Crippen LogP contribution < -0.4 is 5.32 Å². The van der Waals surface area contributed by atoms with Gasteiger partial charge in [-0.3, -0.25) is 9.59 Å². The molecule has 1 saturated carbocycles. The summed E-state index contributed by atoms with van der Waals surface area (Å²) in [6.07, 6.45) is 5.18. The highest BCUT2D eigenvalue weighted by Crippen LogP contribution is 2.47. The van der Waals surface area contributed by atoms with Crippen LogP contribution in [0.4, 0.5) is 0 Å². The molecule has 0 bridgehead atoms. The Morgan fingerprint density at radius 1 is 1.08 bits per heavy atom. The lowest BCUT2D eigenvalue weighted by molar-refractivity contribution is -0.126. The lowest BCUT2D eigenvalue weighted by atomic mass is 9.93. The van der Waals surface area contributed by atoms with Gasteiger partial charge in [0.15, 0.2) is 5.76 Å². The molecule has 136 valence electrons. The minimum atomic E-state index is -0.0881. The molecule has 0 spiro atoms. The number of likely N-dealkylation sites (tertiary alicyclic amines) is 1. The summed E-state index contributed by atoms with van der Waals surface area (Å²) in [6, 6.07) is 13.8. The van der Waals surface area contributed by atoms with Crippen LogP contribution in [0.3, 0.4) is 0 Å². The van der Waals surface area contributed by atoms with Crippen LogP contribution in [0.5, 0.6) is 0 Å². The zero-order valence-electron chi connectivity index (χ0n) is 14.8. The molecule has 2 aromatic rings. The lowest BCUT2D eigenvalue weighted by Crippen LogP contribution is -2.44. The van der Waals surface area contributed by atoms with E-state index in [9.17, 15) is 9.59 Å². The van der Waals surface area contributed by atoms with Gasteiger partial charge in [-0.25, -0.2) is 0 Å². The first-order valence-corrected chi connectivity index (χ1v) is 9.34. The predicted octanol–water partition coefficient (Wildman–Crippen LogP) is 2.98. The Morgan fingerprint density at radius 3 is 2.42 bits per heavy atom. The van der Waals surface area contributed by atoms with Crippen LogP contribution in [0.15, 0.2) is 53.1 Å². The topological polar surface area (TPSA) is 62.6 Å². The van der Waals surface area contributed by atoms with E-state index in [-0.39, 0.29) is 23.1 Å². The summed E-state index contributed by atoms with van der Waals surface area (Å²) in [7, 11) is 0. The molecule has 1 N–H and O–H groups in total. The Kier molecular flexibility index (Phi) is 4.53. The quantitative estimate of drug-likeness (QED) is 0.900. The van der Waals surface area contributed by atoms with E-state index in [1.54, 1.807) is 17.0 Å². The molecule has 2 fully saturated rings. The second kappa shape index (κ2) is 6.98. The predicted molar refractivity (Wildman–Crippen MR) is 97.7 cm³/mol. The van der Waals surface area contributed by atoms with Crippen molar-refractivity contribution in [1.82, 2.24) is 10.2 Å². The number of piperidine rings is 1. The summed E-state index contributed by atoms with van der Waals surface area (Å²) < 4.78 is 5.18. The van der Waals surface area contributed by atoms with Crippen molar-refractivity contribution >= 4 is 11.8 Å². The molecule has 2 heterocycles. The average Bonchev–Trinajstić information content (AvgIpc) is 3.29. The van der Waals surface area contributed by atoms with E-state index < -0.39 is 0 Å². The minimum Gasteiger partial charge on any atom is -0.459 e. The highest BCUT2D eigenvalue weighted by atomic mass is 16.3. The summed E-state index contributed by atoms with van der Waals surface area (Å²) in [5.41, 5.74) is 1.45. The summed E-state index contributed by atoms with van der Waals surface area (Å²) in [5.74, 6) is 0.390. The molecule has 0 radical (unpaired) electrons. The number of carbonyl (C=O) groups is 2. The molecule has 1 aliphatic heterocycles. The highest BCUT2D eigenvalue weighted by Gasteiger charge is 2.44. The number of benzene rings is 1. The fourth-order valence-electron chi connectivity index (χ4n) is 3.81. The van der Waals surface area contributed by atoms with Gasteiger partial charge in [0.2, 0.25) is 5.91 Å².